The number of hydrogen-bond acceptors (Lipinski definition) is 3. The highest BCUT2D eigenvalue weighted by atomic mass is 16.2. The molecule has 0 aliphatic rings. The Kier molecular flexibility index (Phi) is 10.5. The van der Waals surface area contributed by atoms with E-state index in [2.05, 4.69) is 31.6 Å². The van der Waals surface area contributed by atoms with Crippen LogP contribution < -0.4 is 5.32 Å². The van der Waals surface area contributed by atoms with Crippen LogP contribution in [-0.4, -0.2) is 60.9 Å². The average Bonchev–Trinajstić information content (AvgIpc) is 2.46. The van der Waals surface area contributed by atoms with Crippen molar-refractivity contribution in [2.75, 3.05) is 39.3 Å². The van der Waals surface area contributed by atoms with Crippen LogP contribution in [0.5, 0.6) is 0 Å². The molecule has 0 atom stereocenters. The normalized spacial score (nSPS) is 9.52. The summed E-state index contributed by atoms with van der Waals surface area (Å²) in [5, 5.41) is 2.86. The Balaban J connectivity index is 4.25. The molecule has 0 rings (SSSR count). The van der Waals surface area contributed by atoms with E-state index < -0.39 is 0 Å². The highest BCUT2D eigenvalue weighted by molar-refractivity contribution is 5.81. The van der Waals surface area contributed by atoms with Crippen LogP contribution in [0.3, 0.4) is 0 Å². The van der Waals surface area contributed by atoms with Gasteiger partial charge < -0.3 is 9.80 Å². The molecule has 0 aliphatic heterocycles. The standard InChI is InChI=1S/C16H25N3O2/c1-5-9-18(10-6-2)15(20)13-17-14-16(21)19(11-7-3)12-8-4/h5-8,17H,1-4,9-14H2. The third kappa shape index (κ3) is 7.89. The third-order valence-electron chi connectivity index (χ3n) is 2.66. The zero-order valence-corrected chi connectivity index (χ0v) is 12.6. The van der Waals surface area contributed by atoms with E-state index in [4.69, 9.17) is 0 Å². The van der Waals surface area contributed by atoms with Gasteiger partial charge in [0.1, 0.15) is 0 Å². The first kappa shape index (κ1) is 18.9. The fraction of sp³-hybridized carbons (Fsp3) is 0.375. The van der Waals surface area contributed by atoms with Gasteiger partial charge in [0.2, 0.25) is 11.8 Å². The Hall–Kier alpha value is -2.14. The van der Waals surface area contributed by atoms with E-state index in [0.29, 0.717) is 26.2 Å². The molecule has 116 valence electrons. The van der Waals surface area contributed by atoms with Crippen molar-refractivity contribution < 1.29 is 9.59 Å². The summed E-state index contributed by atoms with van der Waals surface area (Å²) in [5.74, 6) is -0.191. The predicted molar refractivity (Wildman–Crippen MR) is 86.8 cm³/mol. The van der Waals surface area contributed by atoms with Crippen LogP contribution in [0.25, 0.3) is 0 Å². The van der Waals surface area contributed by atoms with Crippen LogP contribution in [0, 0.1) is 0 Å². The van der Waals surface area contributed by atoms with Crippen LogP contribution in [0.2, 0.25) is 0 Å². The quantitative estimate of drug-likeness (QED) is 0.545. The molecule has 1 N–H and O–H groups in total. The van der Waals surface area contributed by atoms with Crippen LogP contribution in [0.15, 0.2) is 50.6 Å². The number of rotatable bonds is 12. The van der Waals surface area contributed by atoms with E-state index in [1.807, 2.05) is 0 Å². The summed E-state index contributed by atoms with van der Waals surface area (Å²) >= 11 is 0. The molecule has 0 aromatic rings. The minimum atomic E-state index is -0.0957. The maximum Gasteiger partial charge on any atom is 0.237 e. The first-order chi connectivity index (χ1) is 10.1. The van der Waals surface area contributed by atoms with Crippen molar-refractivity contribution in [3.05, 3.63) is 50.6 Å². The molecule has 0 saturated carbocycles. The zero-order valence-electron chi connectivity index (χ0n) is 12.6. The van der Waals surface area contributed by atoms with E-state index in [1.165, 1.54) is 0 Å². The third-order valence-corrected chi connectivity index (χ3v) is 2.66. The molecule has 2 amide bonds. The van der Waals surface area contributed by atoms with Crippen molar-refractivity contribution in [3.8, 4) is 0 Å². The SMILES string of the molecule is C=CCN(CC=C)C(=O)CNCC(=O)N(CC=C)CC=C. The maximum absolute atomic E-state index is 11.9. The molecule has 5 heteroatoms. The van der Waals surface area contributed by atoms with Gasteiger partial charge in [0.15, 0.2) is 0 Å². The Morgan fingerprint density at radius 2 is 1.00 bits per heavy atom. The second-order valence-electron chi connectivity index (χ2n) is 4.36. The number of hydrogen-bond donors (Lipinski definition) is 1. The minimum absolute atomic E-state index is 0.0957. The maximum atomic E-state index is 11.9. The van der Waals surface area contributed by atoms with Crippen LogP contribution in [-0.2, 0) is 9.59 Å². The van der Waals surface area contributed by atoms with Crippen molar-refractivity contribution in [2.24, 2.45) is 0 Å². The number of amides is 2. The zero-order chi connectivity index (χ0) is 16.1. The molecule has 0 heterocycles. The van der Waals surface area contributed by atoms with Gasteiger partial charge in [-0.3, -0.25) is 14.9 Å². The molecule has 21 heavy (non-hydrogen) atoms. The van der Waals surface area contributed by atoms with Gasteiger partial charge in [0, 0.05) is 26.2 Å². The van der Waals surface area contributed by atoms with E-state index >= 15 is 0 Å². The van der Waals surface area contributed by atoms with Gasteiger partial charge in [-0.25, -0.2) is 0 Å². The summed E-state index contributed by atoms with van der Waals surface area (Å²) < 4.78 is 0. The van der Waals surface area contributed by atoms with Crippen molar-refractivity contribution >= 4 is 11.8 Å². The van der Waals surface area contributed by atoms with Crippen molar-refractivity contribution in [2.45, 2.75) is 0 Å². The molecule has 0 aliphatic carbocycles. The lowest BCUT2D eigenvalue weighted by atomic mass is 10.4. The van der Waals surface area contributed by atoms with Gasteiger partial charge in [0.05, 0.1) is 13.1 Å². The Morgan fingerprint density at radius 1 is 0.714 bits per heavy atom. The average molecular weight is 291 g/mol. The first-order valence-corrected chi connectivity index (χ1v) is 6.80. The molecule has 0 aromatic carbocycles. The Labute approximate surface area is 127 Å². The largest absolute Gasteiger partial charge is 0.334 e. The smallest absolute Gasteiger partial charge is 0.237 e. The molecule has 0 spiro atoms. The van der Waals surface area contributed by atoms with Gasteiger partial charge in [0.25, 0.3) is 0 Å². The summed E-state index contributed by atoms with van der Waals surface area (Å²) in [6, 6.07) is 0. The molecule has 0 unspecified atom stereocenters. The lowest BCUT2D eigenvalue weighted by Gasteiger charge is -2.21. The van der Waals surface area contributed by atoms with Crippen LogP contribution in [0.1, 0.15) is 0 Å². The van der Waals surface area contributed by atoms with E-state index in [-0.39, 0.29) is 24.9 Å². The summed E-state index contributed by atoms with van der Waals surface area (Å²) in [6.45, 7) is 16.5. The monoisotopic (exact) mass is 291 g/mol. The van der Waals surface area contributed by atoms with E-state index in [9.17, 15) is 9.59 Å². The van der Waals surface area contributed by atoms with Crippen LogP contribution in [0.4, 0.5) is 0 Å². The molecular weight excluding hydrogens is 266 g/mol. The fourth-order valence-electron chi connectivity index (χ4n) is 1.68. The lowest BCUT2D eigenvalue weighted by molar-refractivity contribution is -0.130. The molecule has 0 radical (unpaired) electrons. The second kappa shape index (κ2) is 11.7. The molecule has 5 nitrogen and oxygen atoms in total. The van der Waals surface area contributed by atoms with E-state index in [1.54, 1.807) is 34.1 Å². The molecule has 0 aromatic heterocycles. The molecule has 0 bridgehead atoms. The highest BCUT2D eigenvalue weighted by Gasteiger charge is 2.13. The second-order valence-corrected chi connectivity index (χ2v) is 4.36. The fourth-order valence-corrected chi connectivity index (χ4v) is 1.68. The minimum Gasteiger partial charge on any atom is -0.334 e. The van der Waals surface area contributed by atoms with E-state index in [0.717, 1.165) is 0 Å². The van der Waals surface area contributed by atoms with Gasteiger partial charge in [-0.1, -0.05) is 24.3 Å². The summed E-state index contributed by atoms with van der Waals surface area (Å²) in [7, 11) is 0. The number of carbonyl (C=O) groups excluding carboxylic acids is 2. The molecule has 0 fully saturated rings. The lowest BCUT2D eigenvalue weighted by Crippen LogP contribution is -2.43. The topological polar surface area (TPSA) is 52.7 Å². The Bertz CT molecular complexity index is 335. The van der Waals surface area contributed by atoms with Gasteiger partial charge >= 0.3 is 0 Å². The highest BCUT2D eigenvalue weighted by Crippen LogP contribution is 1.92. The number of nitrogens with zero attached hydrogens (tertiary/aromatic N) is 2. The number of nitrogens with one attached hydrogen (secondary N) is 1. The predicted octanol–water partition coefficient (Wildman–Crippen LogP) is 0.977. The van der Waals surface area contributed by atoms with Crippen molar-refractivity contribution in [1.82, 2.24) is 15.1 Å². The summed E-state index contributed by atoms with van der Waals surface area (Å²) in [5.41, 5.74) is 0. The van der Waals surface area contributed by atoms with Gasteiger partial charge in [-0.05, 0) is 0 Å². The van der Waals surface area contributed by atoms with Crippen molar-refractivity contribution in [3.63, 3.8) is 0 Å². The van der Waals surface area contributed by atoms with Crippen molar-refractivity contribution in [1.29, 1.82) is 0 Å². The van der Waals surface area contributed by atoms with Gasteiger partial charge in [-0.2, -0.15) is 0 Å². The Morgan fingerprint density at radius 3 is 1.24 bits per heavy atom. The van der Waals surface area contributed by atoms with Crippen LogP contribution >= 0.6 is 0 Å². The molecular formula is C16H25N3O2. The number of carbonyl (C=O) groups is 2. The first-order valence-electron chi connectivity index (χ1n) is 6.80. The molecule has 0 saturated heterocycles. The van der Waals surface area contributed by atoms with Gasteiger partial charge in [-0.15, -0.1) is 26.3 Å². The summed E-state index contributed by atoms with van der Waals surface area (Å²) in [6.07, 6.45) is 6.62. The summed E-state index contributed by atoms with van der Waals surface area (Å²) in [4.78, 5) is 27.1.